The smallest absolute Gasteiger partial charge is 0.317 e. The number of anilines is 1. The van der Waals surface area contributed by atoms with Crippen LogP contribution in [0, 0.1) is 5.92 Å². The molecule has 2 amide bonds. The average Bonchev–Trinajstić information content (AvgIpc) is 2.63. The standard InChI is InChI=1S/C18H27N3O2/c22-14-15-6-10-21(11-7-15)18(23)19-16-8-12-20(13-9-16)17-4-2-1-3-5-17/h1-5,15-16,22H,6-14H2,(H,19,23). The number of benzene rings is 1. The van der Waals surface area contributed by atoms with Gasteiger partial charge in [-0.05, 0) is 43.7 Å². The fourth-order valence-corrected chi connectivity index (χ4v) is 3.51. The monoisotopic (exact) mass is 317 g/mol. The van der Waals surface area contributed by atoms with Crippen molar-refractivity contribution in [1.29, 1.82) is 0 Å². The summed E-state index contributed by atoms with van der Waals surface area (Å²) >= 11 is 0. The van der Waals surface area contributed by atoms with E-state index in [0.29, 0.717) is 5.92 Å². The van der Waals surface area contributed by atoms with Crippen LogP contribution in [0.4, 0.5) is 10.5 Å². The van der Waals surface area contributed by atoms with Crippen LogP contribution in [-0.2, 0) is 0 Å². The second-order valence-corrected chi connectivity index (χ2v) is 6.66. The predicted molar refractivity (Wildman–Crippen MR) is 91.6 cm³/mol. The van der Waals surface area contributed by atoms with Crippen LogP contribution in [-0.4, -0.2) is 54.9 Å². The van der Waals surface area contributed by atoms with Gasteiger partial charge in [0.1, 0.15) is 0 Å². The van der Waals surface area contributed by atoms with Gasteiger partial charge in [-0.15, -0.1) is 0 Å². The molecule has 2 aliphatic rings. The summed E-state index contributed by atoms with van der Waals surface area (Å²) in [7, 11) is 0. The number of aliphatic hydroxyl groups excluding tert-OH is 1. The molecule has 0 saturated carbocycles. The Labute approximate surface area is 138 Å². The van der Waals surface area contributed by atoms with E-state index in [9.17, 15) is 9.90 Å². The number of likely N-dealkylation sites (tertiary alicyclic amines) is 1. The van der Waals surface area contributed by atoms with E-state index in [-0.39, 0.29) is 18.7 Å². The molecule has 23 heavy (non-hydrogen) atoms. The highest BCUT2D eigenvalue weighted by molar-refractivity contribution is 5.74. The van der Waals surface area contributed by atoms with E-state index in [2.05, 4.69) is 34.5 Å². The van der Waals surface area contributed by atoms with Gasteiger partial charge in [0.05, 0.1) is 0 Å². The summed E-state index contributed by atoms with van der Waals surface area (Å²) in [6.07, 6.45) is 3.81. The fourth-order valence-electron chi connectivity index (χ4n) is 3.51. The van der Waals surface area contributed by atoms with Crippen LogP contribution in [0.1, 0.15) is 25.7 Å². The Morgan fingerprint density at radius 2 is 1.70 bits per heavy atom. The van der Waals surface area contributed by atoms with Crippen LogP contribution >= 0.6 is 0 Å². The Balaban J connectivity index is 1.43. The number of amides is 2. The minimum atomic E-state index is 0.0690. The predicted octanol–water partition coefficient (Wildman–Crippen LogP) is 2.07. The Morgan fingerprint density at radius 1 is 1.04 bits per heavy atom. The summed E-state index contributed by atoms with van der Waals surface area (Å²) in [5.74, 6) is 0.369. The Bertz CT molecular complexity index is 492. The maximum Gasteiger partial charge on any atom is 0.317 e. The molecule has 0 atom stereocenters. The molecule has 0 aromatic heterocycles. The van der Waals surface area contributed by atoms with Crippen molar-refractivity contribution in [2.45, 2.75) is 31.7 Å². The molecule has 0 radical (unpaired) electrons. The normalized spacial score (nSPS) is 20.6. The van der Waals surface area contributed by atoms with E-state index in [1.165, 1.54) is 5.69 Å². The minimum Gasteiger partial charge on any atom is -0.396 e. The van der Waals surface area contributed by atoms with Gasteiger partial charge >= 0.3 is 6.03 Å². The molecule has 0 aliphatic carbocycles. The second kappa shape index (κ2) is 7.68. The average molecular weight is 317 g/mol. The van der Waals surface area contributed by atoms with Crippen molar-refractivity contribution in [3.8, 4) is 0 Å². The first-order valence-electron chi connectivity index (χ1n) is 8.72. The lowest BCUT2D eigenvalue weighted by Gasteiger charge is -2.36. The number of urea groups is 1. The van der Waals surface area contributed by atoms with Crippen LogP contribution in [0.3, 0.4) is 0 Å². The zero-order valence-electron chi connectivity index (χ0n) is 13.7. The molecular formula is C18H27N3O2. The summed E-state index contributed by atoms with van der Waals surface area (Å²) in [4.78, 5) is 16.6. The maximum atomic E-state index is 12.4. The van der Waals surface area contributed by atoms with E-state index in [1.807, 2.05) is 11.0 Å². The molecule has 2 aliphatic heterocycles. The van der Waals surface area contributed by atoms with Crippen molar-refractivity contribution in [1.82, 2.24) is 10.2 Å². The number of carbonyl (C=O) groups excluding carboxylic acids is 1. The molecule has 0 bridgehead atoms. The molecule has 2 fully saturated rings. The Hall–Kier alpha value is -1.75. The summed E-state index contributed by atoms with van der Waals surface area (Å²) in [5, 5.41) is 12.4. The lowest BCUT2D eigenvalue weighted by molar-refractivity contribution is 0.135. The lowest BCUT2D eigenvalue weighted by atomic mass is 9.98. The third kappa shape index (κ3) is 4.16. The first-order valence-corrected chi connectivity index (χ1v) is 8.72. The van der Waals surface area contributed by atoms with Gasteiger partial charge < -0.3 is 20.2 Å². The van der Waals surface area contributed by atoms with Crippen molar-refractivity contribution >= 4 is 11.7 Å². The molecule has 5 heteroatoms. The van der Waals surface area contributed by atoms with Gasteiger partial charge in [0.15, 0.2) is 0 Å². The van der Waals surface area contributed by atoms with E-state index >= 15 is 0 Å². The molecule has 5 nitrogen and oxygen atoms in total. The van der Waals surface area contributed by atoms with Gasteiger partial charge in [0.2, 0.25) is 0 Å². The summed E-state index contributed by atoms with van der Waals surface area (Å²) in [5.41, 5.74) is 1.27. The van der Waals surface area contributed by atoms with Gasteiger partial charge in [0, 0.05) is 44.5 Å². The van der Waals surface area contributed by atoms with Crippen molar-refractivity contribution < 1.29 is 9.90 Å². The number of rotatable bonds is 3. The maximum absolute atomic E-state index is 12.4. The van der Waals surface area contributed by atoms with E-state index in [1.54, 1.807) is 0 Å². The molecule has 0 unspecified atom stereocenters. The van der Waals surface area contributed by atoms with Crippen molar-refractivity contribution in [3.63, 3.8) is 0 Å². The van der Waals surface area contributed by atoms with Crippen molar-refractivity contribution in [2.24, 2.45) is 5.92 Å². The molecular weight excluding hydrogens is 290 g/mol. The first kappa shape index (κ1) is 16.1. The molecule has 1 aromatic carbocycles. The SMILES string of the molecule is O=C(NC1CCN(c2ccccc2)CC1)N1CCC(CO)CC1. The first-order chi connectivity index (χ1) is 11.3. The molecule has 3 rings (SSSR count). The number of para-hydroxylation sites is 1. The van der Waals surface area contributed by atoms with Crippen molar-refractivity contribution in [3.05, 3.63) is 30.3 Å². The van der Waals surface area contributed by atoms with E-state index in [4.69, 9.17) is 0 Å². The third-order valence-electron chi connectivity index (χ3n) is 5.10. The second-order valence-electron chi connectivity index (χ2n) is 6.66. The lowest BCUT2D eigenvalue weighted by Crippen LogP contribution is -2.51. The largest absolute Gasteiger partial charge is 0.396 e. The number of aliphatic hydroxyl groups is 1. The highest BCUT2D eigenvalue weighted by atomic mass is 16.3. The molecule has 1 aromatic rings. The molecule has 0 spiro atoms. The number of nitrogens with one attached hydrogen (secondary N) is 1. The molecule has 2 heterocycles. The quantitative estimate of drug-likeness (QED) is 0.897. The topological polar surface area (TPSA) is 55.8 Å². The van der Waals surface area contributed by atoms with Gasteiger partial charge in [0.25, 0.3) is 0 Å². The van der Waals surface area contributed by atoms with Crippen LogP contribution in [0.25, 0.3) is 0 Å². The number of carbonyl (C=O) groups is 1. The summed E-state index contributed by atoms with van der Waals surface area (Å²) in [6.45, 7) is 3.75. The number of piperidine rings is 2. The highest BCUT2D eigenvalue weighted by Crippen LogP contribution is 2.20. The van der Waals surface area contributed by atoms with Crippen LogP contribution < -0.4 is 10.2 Å². The zero-order chi connectivity index (χ0) is 16.1. The van der Waals surface area contributed by atoms with Gasteiger partial charge in [-0.1, -0.05) is 18.2 Å². The van der Waals surface area contributed by atoms with Crippen molar-refractivity contribution in [2.75, 3.05) is 37.7 Å². The molecule has 2 N–H and O–H groups in total. The number of hydrogen-bond acceptors (Lipinski definition) is 3. The Morgan fingerprint density at radius 3 is 2.30 bits per heavy atom. The summed E-state index contributed by atoms with van der Waals surface area (Å²) in [6, 6.07) is 10.8. The van der Waals surface area contributed by atoms with Crippen LogP contribution in [0.2, 0.25) is 0 Å². The van der Waals surface area contributed by atoms with E-state index in [0.717, 1.165) is 51.9 Å². The minimum absolute atomic E-state index is 0.0690. The van der Waals surface area contributed by atoms with Gasteiger partial charge in [-0.25, -0.2) is 4.79 Å². The van der Waals surface area contributed by atoms with Gasteiger partial charge in [-0.3, -0.25) is 0 Å². The van der Waals surface area contributed by atoms with Crippen LogP contribution in [0.15, 0.2) is 30.3 Å². The number of hydrogen-bond donors (Lipinski definition) is 2. The molecule has 126 valence electrons. The highest BCUT2D eigenvalue weighted by Gasteiger charge is 2.26. The van der Waals surface area contributed by atoms with E-state index < -0.39 is 0 Å². The fraction of sp³-hybridized carbons (Fsp3) is 0.611. The third-order valence-corrected chi connectivity index (χ3v) is 5.10. The van der Waals surface area contributed by atoms with Crippen LogP contribution in [0.5, 0.6) is 0 Å². The zero-order valence-corrected chi connectivity index (χ0v) is 13.7. The summed E-state index contributed by atoms with van der Waals surface area (Å²) < 4.78 is 0. The van der Waals surface area contributed by atoms with Gasteiger partial charge in [-0.2, -0.15) is 0 Å². The molecule has 2 saturated heterocycles. The Kier molecular flexibility index (Phi) is 5.39. The number of nitrogens with zero attached hydrogens (tertiary/aromatic N) is 2.